The van der Waals surface area contributed by atoms with Crippen LogP contribution in [0.5, 0.6) is 0 Å². The first-order valence-electron chi connectivity index (χ1n) is 1.99. The molecule has 0 saturated carbocycles. The average molecular weight is 196 g/mol. The fourth-order valence-electron chi connectivity index (χ4n) is 0.214. The topological polar surface area (TPSA) is 37.3 Å². The zero-order valence-electron chi connectivity index (χ0n) is 7.18. The van der Waals surface area contributed by atoms with Gasteiger partial charge in [0.1, 0.15) is 0 Å². The molecule has 0 heterocycles. The zero-order chi connectivity index (χ0) is 4.99. The standard InChI is InChI=1S/C4H8O2.Ca.Zn.2H/c1-2-3-4(5)6;;;;/h2-3H2,1H3,(H,5,6);;;;/q;+2;;2*-1. The van der Waals surface area contributed by atoms with Crippen molar-refractivity contribution in [3.05, 3.63) is 0 Å². The third-order valence-electron chi connectivity index (χ3n) is 0.464. The molecular formula is C4H10CaO2Zn. The Labute approximate surface area is 94.8 Å². The van der Waals surface area contributed by atoms with E-state index < -0.39 is 5.97 Å². The van der Waals surface area contributed by atoms with Gasteiger partial charge in [0.05, 0.1) is 0 Å². The Morgan fingerprint density at radius 1 is 1.75 bits per heavy atom. The molecule has 0 aliphatic heterocycles. The first-order valence-corrected chi connectivity index (χ1v) is 1.99. The molecule has 0 radical (unpaired) electrons. The summed E-state index contributed by atoms with van der Waals surface area (Å²) in [4.78, 5) is 9.60. The van der Waals surface area contributed by atoms with Crippen molar-refractivity contribution in [2.75, 3.05) is 0 Å². The number of hydrogen-bond donors (Lipinski definition) is 1. The van der Waals surface area contributed by atoms with Gasteiger partial charge < -0.3 is 7.96 Å². The van der Waals surface area contributed by atoms with Crippen LogP contribution in [0.25, 0.3) is 0 Å². The van der Waals surface area contributed by atoms with E-state index >= 15 is 0 Å². The third kappa shape index (κ3) is 15.7. The summed E-state index contributed by atoms with van der Waals surface area (Å²) in [6.07, 6.45) is 1.02. The Hall–Kier alpha value is 1.35. The number of rotatable bonds is 2. The average Bonchev–Trinajstić information content (AvgIpc) is 1.35. The fraction of sp³-hybridized carbons (Fsp3) is 0.750. The molecule has 0 aromatic rings. The van der Waals surface area contributed by atoms with Crippen molar-refractivity contribution in [3.8, 4) is 0 Å². The number of aliphatic carboxylic acids is 1. The van der Waals surface area contributed by atoms with E-state index in [-0.39, 0.29) is 60.1 Å². The van der Waals surface area contributed by atoms with Crippen molar-refractivity contribution in [3.63, 3.8) is 0 Å². The second-order valence-corrected chi connectivity index (χ2v) is 1.14. The molecule has 0 amide bonds. The van der Waals surface area contributed by atoms with Gasteiger partial charge in [-0.25, -0.2) is 0 Å². The minimum absolute atomic E-state index is 0. The van der Waals surface area contributed by atoms with Crippen molar-refractivity contribution in [2.45, 2.75) is 19.8 Å². The van der Waals surface area contributed by atoms with Crippen molar-refractivity contribution < 1.29 is 32.2 Å². The van der Waals surface area contributed by atoms with E-state index in [2.05, 4.69) is 0 Å². The summed E-state index contributed by atoms with van der Waals surface area (Å²) in [6, 6.07) is 0. The number of carboxylic acid groups (broad SMARTS) is 1. The SMILES string of the molecule is CCCC(=O)O.[Ca+2].[H-].[H-].[Zn]. The normalized spacial score (nSPS) is 6.12. The molecule has 42 valence electrons. The van der Waals surface area contributed by atoms with Crippen LogP contribution in [-0.4, -0.2) is 48.8 Å². The van der Waals surface area contributed by atoms with E-state index in [1.807, 2.05) is 6.92 Å². The van der Waals surface area contributed by atoms with Crippen molar-refractivity contribution in [2.24, 2.45) is 0 Å². The summed E-state index contributed by atoms with van der Waals surface area (Å²) >= 11 is 0. The smallest absolute Gasteiger partial charge is 1.00 e. The summed E-state index contributed by atoms with van der Waals surface area (Å²) in [7, 11) is 0. The van der Waals surface area contributed by atoms with Crippen LogP contribution < -0.4 is 0 Å². The Bertz CT molecular complexity index is 65.2. The molecule has 0 aromatic carbocycles. The molecule has 0 aliphatic carbocycles. The summed E-state index contributed by atoms with van der Waals surface area (Å²) in [5.74, 6) is -0.711. The zero-order valence-corrected chi connectivity index (χ0v) is 10.4. The van der Waals surface area contributed by atoms with Gasteiger partial charge in [-0.05, 0) is 6.42 Å². The number of carboxylic acids is 1. The van der Waals surface area contributed by atoms with Crippen LogP contribution in [-0.2, 0) is 24.3 Å². The minimum Gasteiger partial charge on any atom is -1.00 e. The van der Waals surface area contributed by atoms with Gasteiger partial charge in [0.25, 0.3) is 0 Å². The summed E-state index contributed by atoms with van der Waals surface area (Å²) < 4.78 is 0. The first-order chi connectivity index (χ1) is 2.77. The third-order valence-corrected chi connectivity index (χ3v) is 0.464. The van der Waals surface area contributed by atoms with Crippen LogP contribution in [0.15, 0.2) is 0 Å². The molecule has 0 saturated heterocycles. The number of hydrogen-bond acceptors (Lipinski definition) is 1. The number of carbonyl (C=O) groups is 1. The second-order valence-electron chi connectivity index (χ2n) is 1.14. The monoisotopic (exact) mass is 194 g/mol. The predicted octanol–water partition coefficient (Wildman–Crippen LogP) is 0.713. The molecule has 0 aliphatic rings. The van der Waals surface area contributed by atoms with Crippen LogP contribution in [0.4, 0.5) is 0 Å². The van der Waals surface area contributed by atoms with Crippen LogP contribution in [0.1, 0.15) is 22.6 Å². The molecule has 0 aromatic heterocycles. The quantitative estimate of drug-likeness (QED) is 0.659. The van der Waals surface area contributed by atoms with E-state index in [1.165, 1.54) is 0 Å². The van der Waals surface area contributed by atoms with Crippen molar-refractivity contribution >= 4 is 43.7 Å². The fourth-order valence-corrected chi connectivity index (χ4v) is 0.214. The molecule has 0 unspecified atom stereocenters. The van der Waals surface area contributed by atoms with Crippen LogP contribution in [0.3, 0.4) is 0 Å². The van der Waals surface area contributed by atoms with Gasteiger partial charge in [-0.15, -0.1) is 0 Å². The van der Waals surface area contributed by atoms with Gasteiger partial charge in [-0.1, -0.05) is 6.92 Å². The molecule has 0 spiro atoms. The van der Waals surface area contributed by atoms with Gasteiger partial charge in [0.15, 0.2) is 0 Å². The summed E-state index contributed by atoms with van der Waals surface area (Å²) in [6.45, 7) is 1.84. The molecule has 8 heavy (non-hydrogen) atoms. The van der Waals surface area contributed by atoms with E-state index in [0.717, 1.165) is 6.42 Å². The van der Waals surface area contributed by atoms with Crippen LogP contribution in [0, 0.1) is 0 Å². The summed E-state index contributed by atoms with van der Waals surface area (Å²) in [5.41, 5.74) is 0. The Balaban J connectivity index is -0.0000000208. The maximum Gasteiger partial charge on any atom is 2.00 e. The van der Waals surface area contributed by atoms with Crippen LogP contribution >= 0.6 is 0 Å². The molecule has 2 nitrogen and oxygen atoms in total. The summed E-state index contributed by atoms with van der Waals surface area (Å²) in [5, 5.41) is 7.91. The van der Waals surface area contributed by atoms with Gasteiger partial charge in [0, 0.05) is 25.9 Å². The molecule has 1 N–H and O–H groups in total. The Morgan fingerprint density at radius 2 is 2.12 bits per heavy atom. The van der Waals surface area contributed by atoms with E-state index in [1.54, 1.807) is 0 Å². The maximum atomic E-state index is 9.60. The molecular weight excluding hydrogens is 186 g/mol. The Morgan fingerprint density at radius 3 is 2.12 bits per heavy atom. The van der Waals surface area contributed by atoms with Gasteiger partial charge in [-0.2, -0.15) is 0 Å². The van der Waals surface area contributed by atoms with Gasteiger partial charge >= 0.3 is 43.7 Å². The van der Waals surface area contributed by atoms with Gasteiger partial charge in [-0.3, -0.25) is 4.79 Å². The van der Waals surface area contributed by atoms with Crippen molar-refractivity contribution in [1.82, 2.24) is 0 Å². The predicted molar refractivity (Wildman–Crippen MR) is 30.5 cm³/mol. The minimum atomic E-state index is -0.711. The van der Waals surface area contributed by atoms with E-state index in [0.29, 0.717) is 6.42 Å². The first kappa shape index (κ1) is 16.2. The maximum absolute atomic E-state index is 9.60. The van der Waals surface area contributed by atoms with Crippen LogP contribution in [0.2, 0.25) is 0 Å². The van der Waals surface area contributed by atoms with Gasteiger partial charge in [0.2, 0.25) is 0 Å². The molecule has 0 rings (SSSR count). The molecule has 4 heteroatoms. The molecule has 0 fully saturated rings. The van der Waals surface area contributed by atoms with Crippen molar-refractivity contribution in [1.29, 1.82) is 0 Å². The van der Waals surface area contributed by atoms with E-state index in [9.17, 15) is 4.79 Å². The largest absolute Gasteiger partial charge is 2.00 e. The Kier molecular flexibility index (Phi) is 22.6. The molecule has 0 atom stereocenters. The molecule has 0 bridgehead atoms. The van der Waals surface area contributed by atoms with E-state index in [4.69, 9.17) is 5.11 Å². The second kappa shape index (κ2) is 11.2.